The highest BCUT2D eigenvalue weighted by atomic mass is 79.9. The summed E-state index contributed by atoms with van der Waals surface area (Å²) in [5.41, 5.74) is 0.757. The number of nitrogens with one attached hydrogen (secondary N) is 1. The van der Waals surface area contributed by atoms with Gasteiger partial charge in [-0.05, 0) is 30.3 Å². The third-order valence-electron chi connectivity index (χ3n) is 2.30. The number of anilines is 2. The van der Waals surface area contributed by atoms with Gasteiger partial charge < -0.3 is 5.32 Å². The number of nitrogens with zero attached hydrogens (tertiary/aromatic N) is 1. The molecule has 0 aliphatic heterocycles. The minimum Gasteiger partial charge on any atom is -0.352 e. The van der Waals surface area contributed by atoms with Crippen LogP contribution in [0.3, 0.4) is 0 Å². The summed E-state index contributed by atoms with van der Waals surface area (Å²) in [5, 5.41) is 11.7. The quantitative estimate of drug-likeness (QED) is 0.895. The third-order valence-corrected chi connectivity index (χ3v) is 2.79. The summed E-state index contributed by atoms with van der Waals surface area (Å²) in [5.74, 6) is -1.13. The monoisotopic (exact) mass is 308 g/mol. The van der Waals surface area contributed by atoms with Crippen LogP contribution in [0.25, 0.3) is 0 Å². The van der Waals surface area contributed by atoms with E-state index in [2.05, 4.69) is 21.2 Å². The molecule has 0 bridgehead atoms. The fourth-order valence-corrected chi connectivity index (χ4v) is 1.82. The normalized spacial score (nSPS) is 9.89. The maximum atomic E-state index is 13.4. The van der Waals surface area contributed by atoms with Gasteiger partial charge in [0, 0.05) is 10.5 Å². The zero-order chi connectivity index (χ0) is 13.1. The molecule has 2 aromatic rings. The lowest BCUT2D eigenvalue weighted by molar-refractivity contribution is 0.603. The molecule has 0 aliphatic carbocycles. The Morgan fingerprint density at radius 2 is 1.83 bits per heavy atom. The molecule has 0 saturated heterocycles. The van der Waals surface area contributed by atoms with Crippen molar-refractivity contribution in [3.05, 3.63) is 58.1 Å². The molecule has 0 unspecified atom stereocenters. The first-order valence-electron chi connectivity index (χ1n) is 5.02. The average Bonchev–Trinajstić information content (AvgIpc) is 2.36. The van der Waals surface area contributed by atoms with Crippen LogP contribution in [0, 0.1) is 23.0 Å². The summed E-state index contributed by atoms with van der Waals surface area (Å²) in [6.45, 7) is 0. The standard InChI is InChI=1S/C13H7BrF2N2/c14-9-1-4-12(8(5-9)7-17)18-13-6-10(15)2-3-11(13)16/h1-6,18H. The Hall–Kier alpha value is -1.93. The maximum Gasteiger partial charge on any atom is 0.146 e. The van der Waals surface area contributed by atoms with Gasteiger partial charge in [-0.25, -0.2) is 8.78 Å². The van der Waals surface area contributed by atoms with E-state index in [1.54, 1.807) is 18.2 Å². The van der Waals surface area contributed by atoms with Gasteiger partial charge in [0.15, 0.2) is 0 Å². The van der Waals surface area contributed by atoms with Crippen molar-refractivity contribution in [2.24, 2.45) is 0 Å². The molecular formula is C13H7BrF2N2. The lowest BCUT2D eigenvalue weighted by Gasteiger charge is -2.09. The van der Waals surface area contributed by atoms with Gasteiger partial charge in [0.05, 0.1) is 16.9 Å². The van der Waals surface area contributed by atoms with E-state index < -0.39 is 11.6 Å². The molecule has 90 valence electrons. The van der Waals surface area contributed by atoms with E-state index in [4.69, 9.17) is 5.26 Å². The molecule has 0 heterocycles. The molecule has 2 rings (SSSR count). The van der Waals surface area contributed by atoms with Crippen molar-refractivity contribution >= 4 is 27.3 Å². The van der Waals surface area contributed by atoms with Crippen molar-refractivity contribution in [1.29, 1.82) is 5.26 Å². The number of hydrogen-bond acceptors (Lipinski definition) is 2. The van der Waals surface area contributed by atoms with Crippen LogP contribution in [0.4, 0.5) is 20.2 Å². The van der Waals surface area contributed by atoms with Gasteiger partial charge in [0.1, 0.15) is 17.7 Å². The minimum atomic E-state index is -0.580. The van der Waals surface area contributed by atoms with Crippen molar-refractivity contribution in [3.8, 4) is 6.07 Å². The summed E-state index contributed by atoms with van der Waals surface area (Å²) in [6.07, 6.45) is 0. The van der Waals surface area contributed by atoms with Gasteiger partial charge in [0.25, 0.3) is 0 Å². The molecule has 0 spiro atoms. The fourth-order valence-electron chi connectivity index (χ4n) is 1.46. The van der Waals surface area contributed by atoms with Crippen LogP contribution in [0.5, 0.6) is 0 Å². The molecular weight excluding hydrogens is 302 g/mol. The lowest BCUT2D eigenvalue weighted by atomic mass is 10.2. The maximum absolute atomic E-state index is 13.4. The second-order valence-electron chi connectivity index (χ2n) is 3.55. The molecule has 1 N–H and O–H groups in total. The SMILES string of the molecule is N#Cc1cc(Br)ccc1Nc1cc(F)ccc1F. The van der Waals surface area contributed by atoms with E-state index >= 15 is 0 Å². The number of nitriles is 1. The van der Waals surface area contributed by atoms with Crippen molar-refractivity contribution in [2.75, 3.05) is 5.32 Å². The zero-order valence-corrected chi connectivity index (χ0v) is 10.6. The Labute approximate surface area is 111 Å². The van der Waals surface area contributed by atoms with E-state index in [1.165, 1.54) is 0 Å². The Bertz CT molecular complexity index is 635. The Balaban J connectivity index is 2.40. The van der Waals surface area contributed by atoms with Crippen LogP contribution >= 0.6 is 15.9 Å². The van der Waals surface area contributed by atoms with Gasteiger partial charge in [-0.1, -0.05) is 15.9 Å². The summed E-state index contributed by atoms with van der Waals surface area (Å²) in [6, 6.07) is 10.0. The molecule has 2 aromatic carbocycles. The van der Waals surface area contributed by atoms with Crippen LogP contribution < -0.4 is 5.32 Å². The molecule has 0 aromatic heterocycles. The van der Waals surface area contributed by atoms with E-state index in [1.807, 2.05) is 6.07 Å². The molecule has 0 radical (unpaired) electrons. The fraction of sp³-hybridized carbons (Fsp3) is 0. The Kier molecular flexibility index (Phi) is 3.58. The second-order valence-corrected chi connectivity index (χ2v) is 4.47. The van der Waals surface area contributed by atoms with Crippen molar-refractivity contribution < 1.29 is 8.78 Å². The first-order chi connectivity index (χ1) is 8.60. The number of hydrogen-bond donors (Lipinski definition) is 1. The molecule has 5 heteroatoms. The highest BCUT2D eigenvalue weighted by Crippen LogP contribution is 2.25. The zero-order valence-electron chi connectivity index (χ0n) is 9.05. The third kappa shape index (κ3) is 2.66. The number of benzene rings is 2. The molecule has 0 atom stereocenters. The molecule has 0 fully saturated rings. The van der Waals surface area contributed by atoms with Crippen molar-refractivity contribution in [3.63, 3.8) is 0 Å². The van der Waals surface area contributed by atoms with Crippen molar-refractivity contribution in [2.45, 2.75) is 0 Å². The highest BCUT2D eigenvalue weighted by molar-refractivity contribution is 9.10. The largest absolute Gasteiger partial charge is 0.352 e. The van der Waals surface area contributed by atoms with Gasteiger partial charge >= 0.3 is 0 Å². The second kappa shape index (κ2) is 5.15. The van der Waals surface area contributed by atoms with E-state index in [9.17, 15) is 8.78 Å². The number of rotatable bonds is 2. The molecule has 2 nitrogen and oxygen atoms in total. The summed E-state index contributed by atoms with van der Waals surface area (Å²) < 4.78 is 27.2. The molecule has 0 saturated carbocycles. The number of halogens is 3. The van der Waals surface area contributed by atoms with E-state index in [-0.39, 0.29) is 5.69 Å². The predicted octanol–water partition coefficient (Wildman–Crippen LogP) is 4.34. The topological polar surface area (TPSA) is 35.8 Å². The van der Waals surface area contributed by atoms with Gasteiger partial charge in [-0.2, -0.15) is 5.26 Å². The molecule has 0 amide bonds. The van der Waals surface area contributed by atoms with Crippen LogP contribution in [0.15, 0.2) is 40.9 Å². The first-order valence-corrected chi connectivity index (χ1v) is 5.81. The van der Waals surface area contributed by atoms with Gasteiger partial charge in [0.2, 0.25) is 0 Å². The van der Waals surface area contributed by atoms with Gasteiger partial charge in [-0.15, -0.1) is 0 Å². The van der Waals surface area contributed by atoms with Gasteiger partial charge in [-0.3, -0.25) is 0 Å². The van der Waals surface area contributed by atoms with E-state index in [0.29, 0.717) is 11.3 Å². The summed E-state index contributed by atoms with van der Waals surface area (Å²) in [7, 11) is 0. The van der Waals surface area contributed by atoms with Crippen LogP contribution in [-0.4, -0.2) is 0 Å². The summed E-state index contributed by atoms with van der Waals surface area (Å²) >= 11 is 3.24. The van der Waals surface area contributed by atoms with Crippen LogP contribution in [0.1, 0.15) is 5.56 Å². The molecule has 0 aliphatic rings. The smallest absolute Gasteiger partial charge is 0.146 e. The minimum absolute atomic E-state index is 0.00572. The summed E-state index contributed by atoms with van der Waals surface area (Å²) in [4.78, 5) is 0. The molecule has 18 heavy (non-hydrogen) atoms. The lowest BCUT2D eigenvalue weighted by Crippen LogP contribution is -1.97. The van der Waals surface area contributed by atoms with Crippen LogP contribution in [0.2, 0.25) is 0 Å². The van der Waals surface area contributed by atoms with E-state index in [0.717, 1.165) is 22.7 Å². The average molecular weight is 309 g/mol. The van der Waals surface area contributed by atoms with Crippen LogP contribution in [-0.2, 0) is 0 Å². The highest BCUT2D eigenvalue weighted by Gasteiger charge is 2.07. The Morgan fingerprint density at radius 3 is 2.56 bits per heavy atom. The van der Waals surface area contributed by atoms with Crippen molar-refractivity contribution in [1.82, 2.24) is 0 Å². The first kappa shape index (κ1) is 12.5. The Morgan fingerprint density at radius 1 is 1.06 bits per heavy atom. The predicted molar refractivity (Wildman–Crippen MR) is 68.5 cm³/mol.